The zero-order valence-electron chi connectivity index (χ0n) is 11.0. The number of nitrogens with zero attached hydrogens (tertiary/aromatic N) is 3. The van der Waals surface area contributed by atoms with Gasteiger partial charge in [-0.2, -0.15) is 5.10 Å². The molecule has 0 unspecified atom stereocenters. The fourth-order valence-electron chi connectivity index (χ4n) is 1.92. The van der Waals surface area contributed by atoms with Crippen LogP contribution in [-0.4, -0.2) is 21.2 Å². The third-order valence-corrected chi connectivity index (χ3v) is 2.85. The molecule has 1 heterocycles. The van der Waals surface area contributed by atoms with Gasteiger partial charge in [0, 0.05) is 18.8 Å². The molecular weight excluding hydrogens is 244 g/mol. The van der Waals surface area contributed by atoms with Crippen molar-refractivity contribution in [1.29, 1.82) is 0 Å². The molecule has 0 aliphatic heterocycles. The number of rotatable bonds is 5. The highest BCUT2D eigenvalue weighted by Gasteiger charge is 2.14. The van der Waals surface area contributed by atoms with Gasteiger partial charge < -0.3 is 5.32 Å². The number of hydrogen-bond acceptors (Lipinski definition) is 4. The molecule has 0 saturated heterocycles. The molecule has 0 bridgehead atoms. The molecule has 2 aromatic rings. The highest BCUT2D eigenvalue weighted by Crippen LogP contribution is 2.27. The molecule has 0 atom stereocenters. The van der Waals surface area contributed by atoms with E-state index < -0.39 is 0 Å². The first-order valence-electron chi connectivity index (χ1n) is 6.05. The Hall–Kier alpha value is -2.37. The second-order valence-electron chi connectivity index (χ2n) is 4.43. The molecule has 2 rings (SSSR count). The van der Waals surface area contributed by atoms with Crippen LogP contribution in [0.5, 0.6) is 0 Å². The molecule has 0 saturated carbocycles. The summed E-state index contributed by atoms with van der Waals surface area (Å²) in [5.41, 5.74) is 2.65. The zero-order chi connectivity index (χ0) is 13.8. The molecular formula is C13H16N4O2. The Morgan fingerprint density at radius 2 is 2.21 bits per heavy atom. The normalized spacial score (nSPS) is 10.4. The number of benzene rings is 1. The van der Waals surface area contributed by atoms with Crippen LogP contribution in [0.4, 0.5) is 11.4 Å². The number of aryl methyl sites for hydroxylation is 2. The van der Waals surface area contributed by atoms with Gasteiger partial charge in [0.05, 0.1) is 17.7 Å². The van der Waals surface area contributed by atoms with E-state index in [4.69, 9.17) is 0 Å². The monoisotopic (exact) mass is 260 g/mol. The minimum Gasteiger partial charge on any atom is -0.377 e. The van der Waals surface area contributed by atoms with Crippen LogP contribution in [0.25, 0.3) is 0 Å². The van der Waals surface area contributed by atoms with Crippen LogP contribution < -0.4 is 5.32 Å². The average molecular weight is 260 g/mol. The largest absolute Gasteiger partial charge is 0.377 e. The van der Waals surface area contributed by atoms with Crippen LogP contribution >= 0.6 is 0 Å². The van der Waals surface area contributed by atoms with Gasteiger partial charge in [0.2, 0.25) is 0 Å². The fraction of sp³-hybridized carbons (Fsp3) is 0.308. The Labute approximate surface area is 111 Å². The van der Waals surface area contributed by atoms with Gasteiger partial charge in [0.25, 0.3) is 5.69 Å². The van der Waals surface area contributed by atoms with Gasteiger partial charge in [0.15, 0.2) is 0 Å². The summed E-state index contributed by atoms with van der Waals surface area (Å²) in [6.07, 6.45) is 3.73. The van der Waals surface area contributed by atoms with E-state index in [-0.39, 0.29) is 10.6 Å². The summed E-state index contributed by atoms with van der Waals surface area (Å²) in [7, 11) is 0. The van der Waals surface area contributed by atoms with Crippen molar-refractivity contribution in [3.05, 3.63) is 51.8 Å². The Balaban J connectivity index is 2.05. The third kappa shape index (κ3) is 3.09. The van der Waals surface area contributed by atoms with Crippen LogP contribution in [0.3, 0.4) is 0 Å². The van der Waals surface area contributed by atoms with Gasteiger partial charge in [0.1, 0.15) is 5.69 Å². The number of aromatic nitrogens is 2. The van der Waals surface area contributed by atoms with E-state index in [1.807, 2.05) is 30.8 Å². The quantitative estimate of drug-likeness (QED) is 0.662. The van der Waals surface area contributed by atoms with Crippen LogP contribution in [0.15, 0.2) is 30.6 Å². The van der Waals surface area contributed by atoms with Crippen molar-refractivity contribution in [3.8, 4) is 0 Å². The van der Waals surface area contributed by atoms with Crippen LogP contribution in [0.1, 0.15) is 11.1 Å². The van der Waals surface area contributed by atoms with Crippen molar-refractivity contribution in [2.75, 3.05) is 11.9 Å². The number of para-hydroxylation sites is 1. The van der Waals surface area contributed by atoms with Crippen molar-refractivity contribution in [3.63, 3.8) is 0 Å². The standard InChI is InChI=1S/C13H16N4O2/c1-10-8-15-16(9-10)7-6-14-13-11(2)4-3-5-12(13)17(18)19/h3-5,8-9,14H,6-7H2,1-2H3. The molecule has 1 N–H and O–H groups in total. The lowest BCUT2D eigenvalue weighted by Crippen LogP contribution is -2.12. The fourth-order valence-corrected chi connectivity index (χ4v) is 1.92. The second-order valence-corrected chi connectivity index (χ2v) is 4.43. The van der Waals surface area contributed by atoms with Gasteiger partial charge in [-0.15, -0.1) is 0 Å². The van der Waals surface area contributed by atoms with E-state index >= 15 is 0 Å². The molecule has 0 aliphatic carbocycles. The van der Waals surface area contributed by atoms with Crippen molar-refractivity contribution < 1.29 is 4.92 Å². The minimum absolute atomic E-state index is 0.108. The number of hydrogen-bond donors (Lipinski definition) is 1. The second kappa shape index (κ2) is 5.51. The summed E-state index contributed by atoms with van der Waals surface area (Å²) < 4.78 is 1.81. The average Bonchev–Trinajstić information content (AvgIpc) is 2.77. The Morgan fingerprint density at radius 1 is 1.42 bits per heavy atom. The molecule has 0 aliphatic rings. The molecule has 1 aromatic heterocycles. The molecule has 6 heteroatoms. The van der Waals surface area contributed by atoms with Crippen molar-refractivity contribution in [1.82, 2.24) is 9.78 Å². The maximum Gasteiger partial charge on any atom is 0.292 e. The highest BCUT2D eigenvalue weighted by atomic mass is 16.6. The summed E-state index contributed by atoms with van der Waals surface area (Å²) >= 11 is 0. The predicted molar refractivity (Wildman–Crippen MR) is 73.3 cm³/mol. The smallest absolute Gasteiger partial charge is 0.292 e. The minimum atomic E-state index is -0.368. The molecule has 0 amide bonds. The van der Waals surface area contributed by atoms with Gasteiger partial charge in [-0.3, -0.25) is 14.8 Å². The summed E-state index contributed by atoms with van der Waals surface area (Å²) in [6, 6.07) is 5.05. The lowest BCUT2D eigenvalue weighted by atomic mass is 10.1. The summed E-state index contributed by atoms with van der Waals surface area (Å²) in [5.74, 6) is 0. The maximum absolute atomic E-state index is 11.0. The van der Waals surface area contributed by atoms with E-state index in [0.717, 1.165) is 11.1 Å². The van der Waals surface area contributed by atoms with Crippen LogP contribution in [0.2, 0.25) is 0 Å². The van der Waals surface area contributed by atoms with E-state index in [2.05, 4.69) is 10.4 Å². The van der Waals surface area contributed by atoms with Crippen LogP contribution in [0, 0.1) is 24.0 Å². The Kier molecular flexibility index (Phi) is 3.79. The first-order valence-corrected chi connectivity index (χ1v) is 6.05. The third-order valence-electron chi connectivity index (χ3n) is 2.85. The van der Waals surface area contributed by atoms with Gasteiger partial charge in [-0.05, 0) is 25.0 Å². The van der Waals surface area contributed by atoms with Gasteiger partial charge in [-0.1, -0.05) is 12.1 Å². The molecule has 19 heavy (non-hydrogen) atoms. The van der Waals surface area contributed by atoms with Gasteiger partial charge >= 0.3 is 0 Å². The van der Waals surface area contributed by atoms with Gasteiger partial charge in [-0.25, -0.2) is 0 Å². The van der Waals surface area contributed by atoms with Crippen LogP contribution in [-0.2, 0) is 6.54 Å². The zero-order valence-corrected chi connectivity index (χ0v) is 11.0. The summed E-state index contributed by atoms with van der Waals surface area (Å²) in [5, 5.41) is 18.2. The number of nitro benzene ring substituents is 1. The van der Waals surface area contributed by atoms with E-state index in [0.29, 0.717) is 18.8 Å². The maximum atomic E-state index is 11.0. The highest BCUT2D eigenvalue weighted by molar-refractivity contribution is 5.65. The van der Waals surface area contributed by atoms with E-state index in [1.165, 1.54) is 6.07 Å². The van der Waals surface area contributed by atoms with Crippen molar-refractivity contribution in [2.45, 2.75) is 20.4 Å². The molecule has 100 valence electrons. The Morgan fingerprint density at radius 3 is 2.84 bits per heavy atom. The molecule has 1 aromatic carbocycles. The molecule has 0 spiro atoms. The number of anilines is 1. The van der Waals surface area contributed by atoms with Crippen molar-refractivity contribution in [2.24, 2.45) is 0 Å². The molecule has 0 radical (unpaired) electrons. The first kappa shape index (κ1) is 13.1. The Bertz CT molecular complexity index is 592. The van der Waals surface area contributed by atoms with Crippen molar-refractivity contribution >= 4 is 11.4 Å². The number of nitrogens with one attached hydrogen (secondary N) is 1. The lowest BCUT2D eigenvalue weighted by molar-refractivity contribution is -0.384. The first-order chi connectivity index (χ1) is 9.08. The molecule has 6 nitrogen and oxygen atoms in total. The van der Waals surface area contributed by atoms with E-state index in [9.17, 15) is 10.1 Å². The summed E-state index contributed by atoms with van der Waals surface area (Å²) in [4.78, 5) is 10.6. The molecule has 0 fully saturated rings. The lowest BCUT2D eigenvalue weighted by Gasteiger charge is -2.09. The summed E-state index contributed by atoms with van der Waals surface area (Å²) in [6.45, 7) is 5.09. The predicted octanol–water partition coefficient (Wildman–Crippen LogP) is 2.52. The topological polar surface area (TPSA) is 73.0 Å². The number of nitro groups is 1. The van der Waals surface area contributed by atoms with E-state index in [1.54, 1.807) is 12.3 Å². The SMILES string of the molecule is Cc1cnn(CCNc2c(C)cccc2[N+](=O)[O-])c1.